The molecule has 3 heterocycles. The van der Waals surface area contributed by atoms with Crippen LogP contribution in [0.2, 0.25) is 0 Å². The summed E-state index contributed by atoms with van der Waals surface area (Å²) >= 11 is 2.95. The first kappa shape index (κ1) is 16.3. The van der Waals surface area contributed by atoms with E-state index < -0.39 is 0 Å². The highest BCUT2D eigenvalue weighted by Crippen LogP contribution is 2.40. The second-order valence-corrected chi connectivity index (χ2v) is 8.02. The van der Waals surface area contributed by atoms with Crippen molar-refractivity contribution in [2.45, 2.75) is 0 Å². The molecule has 0 bridgehead atoms. The van der Waals surface area contributed by atoms with Crippen molar-refractivity contribution >= 4 is 43.9 Å². The van der Waals surface area contributed by atoms with Gasteiger partial charge in [0.2, 0.25) is 6.79 Å². The number of hydrogen-bond donors (Lipinski definition) is 1. The molecule has 0 saturated heterocycles. The maximum absolute atomic E-state index is 12.9. The number of benzene rings is 1. The molecule has 4 rings (SSSR count). The van der Waals surface area contributed by atoms with Gasteiger partial charge in [-0.25, -0.2) is 4.98 Å². The quantitative estimate of drug-likeness (QED) is 0.739. The van der Waals surface area contributed by atoms with Gasteiger partial charge in [-0.05, 0) is 11.4 Å². The Morgan fingerprint density at radius 2 is 2.12 bits per heavy atom. The molecule has 0 saturated carbocycles. The average molecular weight is 376 g/mol. The molecule has 1 aliphatic rings. The van der Waals surface area contributed by atoms with E-state index in [2.05, 4.69) is 19.1 Å². The molecule has 0 aliphatic carbocycles. The summed E-state index contributed by atoms with van der Waals surface area (Å²) in [7, 11) is 4.15. The molecule has 1 aliphatic heterocycles. The smallest absolute Gasteiger partial charge is 0.270 e. The van der Waals surface area contributed by atoms with Gasteiger partial charge in [-0.15, -0.1) is 11.3 Å². The fourth-order valence-electron chi connectivity index (χ4n) is 2.57. The lowest BCUT2D eigenvalue weighted by atomic mass is 10.3. The second kappa shape index (κ2) is 6.62. The molecule has 1 amide bonds. The maximum Gasteiger partial charge on any atom is 0.270 e. The van der Waals surface area contributed by atoms with E-state index in [4.69, 9.17) is 9.47 Å². The van der Waals surface area contributed by atoms with Gasteiger partial charge in [-0.3, -0.25) is 9.69 Å². The highest BCUT2D eigenvalue weighted by molar-refractivity contribution is 7.22. The molecule has 8 heteroatoms. The Labute approximate surface area is 153 Å². The van der Waals surface area contributed by atoms with Crippen LogP contribution in [0.1, 0.15) is 9.67 Å². The lowest BCUT2D eigenvalue weighted by molar-refractivity contribution is -0.856. The molecule has 25 heavy (non-hydrogen) atoms. The molecule has 6 nitrogen and oxygen atoms in total. The Kier molecular flexibility index (Phi) is 4.32. The Bertz CT molecular complexity index is 864. The molecular weight excluding hydrogens is 358 g/mol. The van der Waals surface area contributed by atoms with Crippen LogP contribution in [0.3, 0.4) is 0 Å². The number of thiazole rings is 1. The second-order valence-electron chi connectivity index (χ2n) is 6.06. The standard InChI is InChI=1S/C17H17N3O3S2/c1-19(2)5-6-20(16(21)14-4-3-7-24-14)17-18-11-8-12-13(23-10-22-12)9-15(11)25-17/h3-4,7-9H,5-6,10H2,1-2H3/p+1. The predicted molar refractivity (Wildman–Crippen MR) is 99.4 cm³/mol. The number of thiophene rings is 1. The molecule has 2 aromatic heterocycles. The molecule has 130 valence electrons. The van der Waals surface area contributed by atoms with Crippen LogP contribution in [0.25, 0.3) is 10.2 Å². The SMILES string of the molecule is C[NH+](C)CCN(C(=O)c1cccs1)c1nc2cc3c(cc2s1)OCO3. The zero-order valence-corrected chi connectivity index (χ0v) is 15.6. The van der Waals surface area contributed by atoms with E-state index in [1.54, 1.807) is 4.90 Å². The van der Waals surface area contributed by atoms with Gasteiger partial charge in [0.15, 0.2) is 16.6 Å². The van der Waals surface area contributed by atoms with Crippen LogP contribution in [-0.4, -0.2) is 44.9 Å². The van der Waals surface area contributed by atoms with Crippen LogP contribution >= 0.6 is 22.7 Å². The molecule has 0 spiro atoms. The van der Waals surface area contributed by atoms with Crippen molar-refractivity contribution in [1.29, 1.82) is 0 Å². The molecule has 0 fully saturated rings. The number of carbonyl (C=O) groups is 1. The average Bonchev–Trinajstić information content (AvgIpc) is 3.31. The number of rotatable bonds is 5. The molecular formula is C17H18N3O3S2+. The van der Waals surface area contributed by atoms with Crippen molar-refractivity contribution < 1.29 is 19.2 Å². The number of quaternary nitrogens is 1. The molecule has 0 radical (unpaired) electrons. The number of carbonyl (C=O) groups excluding carboxylic acids is 1. The van der Waals surface area contributed by atoms with Gasteiger partial charge in [0.1, 0.15) is 0 Å². The van der Waals surface area contributed by atoms with Crippen molar-refractivity contribution in [2.24, 2.45) is 0 Å². The number of hydrogen-bond acceptors (Lipinski definition) is 6. The van der Waals surface area contributed by atoms with Gasteiger partial charge < -0.3 is 14.4 Å². The van der Waals surface area contributed by atoms with Gasteiger partial charge in [0.05, 0.1) is 42.3 Å². The Hall–Kier alpha value is -2.16. The topological polar surface area (TPSA) is 56.1 Å². The van der Waals surface area contributed by atoms with Crippen molar-refractivity contribution in [3.8, 4) is 11.5 Å². The van der Waals surface area contributed by atoms with E-state index >= 15 is 0 Å². The van der Waals surface area contributed by atoms with Crippen LogP contribution in [0.5, 0.6) is 11.5 Å². The number of ether oxygens (including phenoxy) is 2. The fourth-order valence-corrected chi connectivity index (χ4v) is 4.25. The van der Waals surface area contributed by atoms with Gasteiger partial charge >= 0.3 is 0 Å². The third-order valence-electron chi connectivity index (χ3n) is 3.91. The normalized spacial score (nSPS) is 12.9. The molecule has 3 aromatic rings. The Morgan fingerprint density at radius 1 is 1.32 bits per heavy atom. The minimum absolute atomic E-state index is 0.00431. The Balaban J connectivity index is 1.70. The number of likely N-dealkylation sites (N-methyl/N-ethyl adjacent to an activating group) is 1. The van der Waals surface area contributed by atoms with Crippen LogP contribution in [0.4, 0.5) is 5.13 Å². The van der Waals surface area contributed by atoms with Gasteiger partial charge in [-0.1, -0.05) is 17.4 Å². The summed E-state index contributed by atoms with van der Waals surface area (Å²) in [5.41, 5.74) is 0.824. The third kappa shape index (κ3) is 3.20. The summed E-state index contributed by atoms with van der Waals surface area (Å²) in [5, 5.41) is 2.62. The van der Waals surface area contributed by atoms with Crippen LogP contribution in [0, 0.1) is 0 Å². The summed E-state index contributed by atoms with van der Waals surface area (Å²) < 4.78 is 11.8. The highest BCUT2D eigenvalue weighted by atomic mass is 32.1. The van der Waals surface area contributed by atoms with Gasteiger partial charge in [0.25, 0.3) is 5.91 Å². The van der Waals surface area contributed by atoms with Crippen LogP contribution < -0.4 is 19.3 Å². The van der Waals surface area contributed by atoms with E-state index in [0.717, 1.165) is 27.4 Å². The van der Waals surface area contributed by atoms with E-state index in [9.17, 15) is 4.79 Å². The molecule has 0 unspecified atom stereocenters. The lowest BCUT2D eigenvalue weighted by Crippen LogP contribution is -3.06. The predicted octanol–water partition coefficient (Wildman–Crippen LogP) is 1.88. The van der Waals surface area contributed by atoms with Crippen molar-refractivity contribution in [3.63, 3.8) is 0 Å². The minimum atomic E-state index is -0.00431. The van der Waals surface area contributed by atoms with Crippen molar-refractivity contribution in [3.05, 3.63) is 34.5 Å². The van der Waals surface area contributed by atoms with Gasteiger partial charge in [0, 0.05) is 12.1 Å². The number of fused-ring (bicyclic) bond motifs is 2. The lowest BCUT2D eigenvalue weighted by Gasteiger charge is -2.19. The first-order valence-electron chi connectivity index (χ1n) is 7.96. The first-order valence-corrected chi connectivity index (χ1v) is 9.66. The summed E-state index contributed by atoms with van der Waals surface area (Å²) in [6.07, 6.45) is 0. The number of anilines is 1. The summed E-state index contributed by atoms with van der Waals surface area (Å²) in [4.78, 5) is 21.4. The Morgan fingerprint density at radius 3 is 2.84 bits per heavy atom. The minimum Gasteiger partial charge on any atom is -0.454 e. The number of amides is 1. The van der Waals surface area contributed by atoms with E-state index in [1.165, 1.54) is 27.6 Å². The monoisotopic (exact) mass is 376 g/mol. The summed E-state index contributed by atoms with van der Waals surface area (Å²) in [6.45, 7) is 1.70. The zero-order valence-electron chi connectivity index (χ0n) is 13.9. The number of nitrogens with zero attached hydrogens (tertiary/aromatic N) is 2. The van der Waals surface area contributed by atoms with Gasteiger partial charge in [-0.2, -0.15) is 0 Å². The molecule has 0 atom stereocenters. The number of aromatic nitrogens is 1. The fraction of sp³-hybridized carbons (Fsp3) is 0.294. The largest absolute Gasteiger partial charge is 0.454 e. The van der Waals surface area contributed by atoms with Crippen LogP contribution in [-0.2, 0) is 0 Å². The maximum atomic E-state index is 12.9. The van der Waals surface area contributed by atoms with Crippen molar-refractivity contribution in [2.75, 3.05) is 38.9 Å². The highest BCUT2D eigenvalue weighted by Gasteiger charge is 2.24. The van der Waals surface area contributed by atoms with E-state index in [0.29, 0.717) is 17.4 Å². The molecule has 1 aromatic carbocycles. The van der Waals surface area contributed by atoms with Crippen molar-refractivity contribution in [1.82, 2.24) is 4.98 Å². The first-order chi connectivity index (χ1) is 12.1. The van der Waals surface area contributed by atoms with Crippen LogP contribution in [0.15, 0.2) is 29.6 Å². The third-order valence-corrected chi connectivity index (χ3v) is 5.81. The number of nitrogens with one attached hydrogen (secondary N) is 1. The summed E-state index contributed by atoms with van der Waals surface area (Å²) in [6, 6.07) is 7.56. The zero-order chi connectivity index (χ0) is 17.4. The summed E-state index contributed by atoms with van der Waals surface area (Å²) in [5.74, 6) is 1.44. The van der Waals surface area contributed by atoms with E-state index in [1.807, 2.05) is 29.6 Å². The van der Waals surface area contributed by atoms with E-state index in [-0.39, 0.29) is 12.7 Å². The molecule has 1 N–H and O–H groups in total.